The first-order valence-electron chi connectivity index (χ1n) is 6.19. The summed E-state index contributed by atoms with van der Waals surface area (Å²) in [6, 6.07) is 3.24. The molecule has 2 atom stereocenters. The van der Waals surface area contributed by atoms with Crippen molar-refractivity contribution < 1.29 is 19.1 Å². The largest absolute Gasteiger partial charge is 0.481 e. The van der Waals surface area contributed by atoms with Crippen molar-refractivity contribution >= 4 is 27.8 Å². The van der Waals surface area contributed by atoms with Crippen LogP contribution in [0.2, 0.25) is 0 Å². The number of aliphatic carboxylic acids is 1. The Morgan fingerprint density at radius 3 is 2.58 bits per heavy atom. The van der Waals surface area contributed by atoms with Crippen molar-refractivity contribution in [3.63, 3.8) is 0 Å². The SMILES string of the molecule is CC(CCCC(C)C(=O)O)NC(=O)c1ccc(Br)o1. The van der Waals surface area contributed by atoms with Crippen LogP contribution >= 0.6 is 15.9 Å². The molecule has 0 aliphatic rings. The Kier molecular flexibility index (Phi) is 6.08. The molecule has 0 spiro atoms. The van der Waals surface area contributed by atoms with Crippen molar-refractivity contribution in [2.24, 2.45) is 5.92 Å². The Hall–Kier alpha value is -1.30. The number of carbonyl (C=O) groups excluding carboxylic acids is 1. The fraction of sp³-hybridized carbons (Fsp3) is 0.538. The third-order valence-electron chi connectivity index (χ3n) is 2.87. The number of carboxylic acid groups (broad SMARTS) is 1. The summed E-state index contributed by atoms with van der Waals surface area (Å²) in [7, 11) is 0. The summed E-state index contributed by atoms with van der Waals surface area (Å²) >= 11 is 3.14. The molecule has 5 nitrogen and oxygen atoms in total. The van der Waals surface area contributed by atoms with Gasteiger partial charge in [0.2, 0.25) is 0 Å². The van der Waals surface area contributed by atoms with Crippen molar-refractivity contribution in [3.8, 4) is 0 Å². The van der Waals surface area contributed by atoms with E-state index in [1.165, 1.54) is 0 Å². The Bertz CT molecular complexity index is 444. The number of hydrogen-bond acceptors (Lipinski definition) is 3. The van der Waals surface area contributed by atoms with Crippen LogP contribution in [0.15, 0.2) is 21.2 Å². The number of nitrogens with one attached hydrogen (secondary N) is 1. The Morgan fingerprint density at radius 1 is 1.37 bits per heavy atom. The highest BCUT2D eigenvalue weighted by Crippen LogP contribution is 2.14. The van der Waals surface area contributed by atoms with Crippen LogP contribution < -0.4 is 5.32 Å². The highest BCUT2D eigenvalue weighted by molar-refractivity contribution is 9.10. The lowest BCUT2D eigenvalue weighted by Crippen LogP contribution is -2.32. The van der Waals surface area contributed by atoms with Gasteiger partial charge in [-0.3, -0.25) is 9.59 Å². The number of carboxylic acids is 1. The molecule has 1 aromatic rings. The summed E-state index contributed by atoms with van der Waals surface area (Å²) in [5, 5.41) is 11.6. The van der Waals surface area contributed by atoms with Gasteiger partial charge in [0, 0.05) is 6.04 Å². The van der Waals surface area contributed by atoms with E-state index in [2.05, 4.69) is 21.2 Å². The summed E-state index contributed by atoms with van der Waals surface area (Å²) in [5.74, 6) is -1.12. The van der Waals surface area contributed by atoms with Crippen LogP contribution in [0.1, 0.15) is 43.7 Å². The van der Waals surface area contributed by atoms with Gasteiger partial charge in [-0.15, -0.1) is 0 Å². The van der Waals surface area contributed by atoms with Crippen LogP contribution in [0.4, 0.5) is 0 Å². The smallest absolute Gasteiger partial charge is 0.306 e. The highest BCUT2D eigenvalue weighted by atomic mass is 79.9. The van der Waals surface area contributed by atoms with Gasteiger partial charge in [0.1, 0.15) is 0 Å². The lowest BCUT2D eigenvalue weighted by molar-refractivity contribution is -0.141. The van der Waals surface area contributed by atoms with E-state index in [0.717, 1.165) is 12.8 Å². The maximum atomic E-state index is 11.8. The van der Waals surface area contributed by atoms with E-state index in [4.69, 9.17) is 9.52 Å². The fourth-order valence-corrected chi connectivity index (χ4v) is 1.96. The van der Waals surface area contributed by atoms with Crippen LogP contribution in [0.25, 0.3) is 0 Å². The number of rotatable bonds is 7. The van der Waals surface area contributed by atoms with Crippen molar-refractivity contribution in [2.45, 2.75) is 39.2 Å². The number of halogens is 1. The zero-order valence-electron chi connectivity index (χ0n) is 11.0. The summed E-state index contributed by atoms with van der Waals surface area (Å²) in [5.41, 5.74) is 0. The van der Waals surface area contributed by atoms with E-state index in [-0.39, 0.29) is 23.6 Å². The molecule has 1 rings (SSSR count). The van der Waals surface area contributed by atoms with E-state index in [0.29, 0.717) is 11.1 Å². The number of carbonyl (C=O) groups is 2. The molecule has 106 valence electrons. The molecule has 1 amide bonds. The number of furan rings is 1. The fourth-order valence-electron chi connectivity index (χ4n) is 1.66. The third-order valence-corrected chi connectivity index (χ3v) is 3.30. The molecule has 0 aliphatic carbocycles. The van der Waals surface area contributed by atoms with Gasteiger partial charge < -0.3 is 14.8 Å². The minimum Gasteiger partial charge on any atom is -0.481 e. The molecular formula is C13H18BrNO4. The first-order chi connectivity index (χ1) is 8.90. The van der Waals surface area contributed by atoms with E-state index in [9.17, 15) is 9.59 Å². The number of hydrogen-bond donors (Lipinski definition) is 2. The molecule has 1 heterocycles. The van der Waals surface area contributed by atoms with Crippen LogP contribution in [-0.4, -0.2) is 23.0 Å². The van der Waals surface area contributed by atoms with E-state index in [1.807, 2.05) is 6.92 Å². The van der Waals surface area contributed by atoms with Crippen molar-refractivity contribution in [2.75, 3.05) is 0 Å². The zero-order chi connectivity index (χ0) is 14.4. The summed E-state index contributed by atoms with van der Waals surface area (Å²) in [6.07, 6.45) is 2.11. The van der Waals surface area contributed by atoms with Gasteiger partial charge in [0.05, 0.1) is 5.92 Å². The highest BCUT2D eigenvalue weighted by Gasteiger charge is 2.15. The second kappa shape index (κ2) is 7.33. The maximum Gasteiger partial charge on any atom is 0.306 e. The molecule has 0 bridgehead atoms. The molecule has 19 heavy (non-hydrogen) atoms. The molecule has 0 saturated carbocycles. The van der Waals surface area contributed by atoms with Crippen LogP contribution in [0.5, 0.6) is 0 Å². The quantitative estimate of drug-likeness (QED) is 0.804. The molecular weight excluding hydrogens is 314 g/mol. The molecule has 2 unspecified atom stereocenters. The lowest BCUT2D eigenvalue weighted by atomic mass is 10.0. The van der Waals surface area contributed by atoms with E-state index >= 15 is 0 Å². The van der Waals surface area contributed by atoms with Crippen molar-refractivity contribution in [1.29, 1.82) is 0 Å². The normalized spacial score (nSPS) is 13.8. The van der Waals surface area contributed by atoms with E-state index < -0.39 is 5.97 Å². The van der Waals surface area contributed by atoms with Crippen LogP contribution in [0, 0.1) is 5.92 Å². The van der Waals surface area contributed by atoms with Gasteiger partial charge in [0.25, 0.3) is 5.91 Å². The Balaban J connectivity index is 2.29. The van der Waals surface area contributed by atoms with E-state index in [1.54, 1.807) is 19.1 Å². The first kappa shape index (κ1) is 15.8. The van der Waals surface area contributed by atoms with Gasteiger partial charge in [-0.25, -0.2) is 0 Å². The topological polar surface area (TPSA) is 79.5 Å². The van der Waals surface area contributed by atoms with Crippen LogP contribution in [-0.2, 0) is 4.79 Å². The summed E-state index contributed by atoms with van der Waals surface area (Å²) in [6.45, 7) is 3.58. The van der Waals surface area contributed by atoms with Crippen LogP contribution in [0.3, 0.4) is 0 Å². The van der Waals surface area contributed by atoms with Gasteiger partial charge >= 0.3 is 5.97 Å². The summed E-state index contributed by atoms with van der Waals surface area (Å²) < 4.78 is 5.66. The minimum atomic E-state index is -0.780. The Labute approximate surface area is 120 Å². The van der Waals surface area contributed by atoms with Gasteiger partial charge in [-0.05, 0) is 47.8 Å². The van der Waals surface area contributed by atoms with Gasteiger partial charge in [0.15, 0.2) is 10.4 Å². The summed E-state index contributed by atoms with van der Waals surface area (Å²) in [4.78, 5) is 22.4. The average molecular weight is 332 g/mol. The number of amides is 1. The lowest BCUT2D eigenvalue weighted by Gasteiger charge is -2.13. The van der Waals surface area contributed by atoms with Gasteiger partial charge in [-0.2, -0.15) is 0 Å². The maximum absolute atomic E-state index is 11.8. The predicted molar refractivity (Wildman–Crippen MR) is 74.0 cm³/mol. The van der Waals surface area contributed by atoms with Crippen molar-refractivity contribution in [3.05, 3.63) is 22.6 Å². The molecule has 2 N–H and O–H groups in total. The molecule has 0 radical (unpaired) electrons. The molecule has 1 aromatic heterocycles. The molecule has 0 aromatic carbocycles. The monoisotopic (exact) mass is 331 g/mol. The average Bonchev–Trinajstić information content (AvgIpc) is 2.75. The molecule has 0 fully saturated rings. The predicted octanol–water partition coefficient (Wildman–Crippen LogP) is 3.05. The zero-order valence-corrected chi connectivity index (χ0v) is 12.6. The first-order valence-corrected chi connectivity index (χ1v) is 6.98. The van der Waals surface area contributed by atoms with Gasteiger partial charge in [-0.1, -0.05) is 13.3 Å². The molecule has 6 heteroatoms. The molecule has 0 saturated heterocycles. The third kappa shape index (κ3) is 5.46. The second-order valence-corrected chi connectivity index (χ2v) is 5.43. The Morgan fingerprint density at radius 2 is 2.05 bits per heavy atom. The second-order valence-electron chi connectivity index (χ2n) is 4.65. The van der Waals surface area contributed by atoms with Crippen molar-refractivity contribution in [1.82, 2.24) is 5.32 Å². The standard InChI is InChI=1S/C13H18BrNO4/c1-8(13(17)18)4-3-5-9(2)15-12(16)10-6-7-11(14)19-10/h6-9H,3-5H2,1-2H3,(H,15,16)(H,17,18). The molecule has 0 aliphatic heterocycles. The minimum absolute atomic E-state index is 0.0163.